The van der Waals surface area contributed by atoms with Crippen molar-refractivity contribution in [3.8, 4) is 0 Å². The minimum atomic E-state index is -0.0610. The molecule has 1 fully saturated rings. The van der Waals surface area contributed by atoms with Gasteiger partial charge in [0.15, 0.2) is 10.4 Å². The number of anilines is 1. The van der Waals surface area contributed by atoms with Crippen molar-refractivity contribution < 1.29 is 9.21 Å². The highest BCUT2D eigenvalue weighted by Gasteiger charge is 2.26. The van der Waals surface area contributed by atoms with Gasteiger partial charge in [-0.15, -0.1) is 0 Å². The number of likely N-dealkylation sites (tertiary alicyclic amines) is 1. The molecule has 0 atom stereocenters. The number of piperidine rings is 1. The Labute approximate surface area is 124 Å². The molecule has 1 amide bonds. The van der Waals surface area contributed by atoms with Crippen LogP contribution in [0.5, 0.6) is 0 Å². The molecule has 1 saturated heterocycles. The Bertz CT molecular complexity index is 613. The monoisotopic (exact) mass is 338 g/mol. The second-order valence-electron chi connectivity index (χ2n) is 4.85. The van der Waals surface area contributed by atoms with E-state index in [0.717, 1.165) is 12.8 Å². The molecule has 7 heteroatoms. The Hall–Kier alpha value is -1.76. The van der Waals surface area contributed by atoms with Crippen LogP contribution < -0.4 is 5.73 Å². The molecular weight excluding hydrogens is 324 g/mol. The normalized spacial score (nSPS) is 16.6. The molecule has 2 aromatic heterocycles. The van der Waals surface area contributed by atoms with Crippen LogP contribution in [0.1, 0.15) is 29.4 Å². The lowest BCUT2D eigenvalue weighted by Crippen LogP contribution is -2.39. The highest BCUT2D eigenvalue weighted by molar-refractivity contribution is 9.10. The lowest BCUT2D eigenvalue weighted by molar-refractivity contribution is 0.0656. The number of rotatable bonds is 2. The smallest absolute Gasteiger partial charge is 0.289 e. The van der Waals surface area contributed by atoms with E-state index in [4.69, 9.17) is 10.2 Å². The molecule has 0 unspecified atom stereocenters. The van der Waals surface area contributed by atoms with Gasteiger partial charge in [0.1, 0.15) is 5.82 Å². The van der Waals surface area contributed by atoms with Gasteiger partial charge in [0, 0.05) is 19.3 Å². The summed E-state index contributed by atoms with van der Waals surface area (Å²) in [4.78, 5) is 14.0. The number of hydrogen-bond acceptors (Lipinski definition) is 4. The lowest BCUT2D eigenvalue weighted by Gasteiger charge is -2.31. The number of amides is 1. The number of furan rings is 1. The van der Waals surface area contributed by atoms with Gasteiger partial charge in [-0.2, -0.15) is 5.10 Å². The summed E-state index contributed by atoms with van der Waals surface area (Å²) >= 11 is 3.21. The van der Waals surface area contributed by atoms with Crippen molar-refractivity contribution in [2.24, 2.45) is 0 Å². The van der Waals surface area contributed by atoms with Crippen molar-refractivity contribution in [3.05, 3.63) is 34.8 Å². The first-order chi connectivity index (χ1) is 9.63. The zero-order valence-electron chi connectivity index (χ0n) is 10.8. The fraction of sp³-hybridized carbons (Fsp3) is 0.385. The summed E-state index contributed by atoms with van der Waals surface area (Å²) in [6.07, 6.45) is 3.63. The van der Waals surface area contributed by atoms with E-state index in [9.17, 15) is 4.79 Å². The first-order valence-electron chi connectivity index (χ1n) is 6.49. The van der Waals surface area contributed by atoms with E-state index in [1.54, 1.807) is 18.2 Å². The number of nitrogens with two attached hydrogens (primary N) is 1. The van der Waals surface area contributed by atoms with E-state index in [0.29, 0.717) is 35.4 Å². The molecule has 2 N–H and O–H groups in total. The average molecular weight is 339 g/mol. The van der Waals surface area contributed by atoms with Gasteiger partial charge in [-0.1, -0.05) is 0 Å². The van der Waals surface area contributed by atoms with Crippen LogP contribution in [-0.4, -0.2) is 33.7 Å². The third-order valence-corrected chi connectivity index (χ3v) is 3.96. The van der Waals surface area contributed by atoms with Crippen LogP contribution in [0.4, 0.5) is 5.82 Å². The van der Waals surface area contributed by atoms with Crippen LogP contribution in [0.3, 0.4) is 0 Å². The minimum absolute atomic E-state index is 0.0610. The second-order valence-corrected chi connectivity index (χ2v) is 5.63. The van der Waals surface area contributed by atoms with Gasteiger partial charge in [0.05, 0.1) is 6.04 Å². The number of aromatic nitrogens is 2. The Balaban J connectivity index is 1.62. The van der Waals surface area contributed by atoms with Gasteiger partial charge in [-0.3, -0.25) is 9.48 Å². The van der Waals surface area contributed by atoms with Crippen molar-refractivity contribution >= 4 is 27.7 Å². The first-order valence-corrected chi connectivity index (χ1v) is 7.28. The third-order valence-electron chi connectivity index (χ3n) is 3.54. The summed E-state index contributed by atoms with van der Waals surface area (Å²) in [5.41, 5.74) is 5.63. The van der Waals surface area contributed by atoms with Crippen LogP contribution >= 0.6 is 15.9 Å². The van der Waals surface area contributed by atoms with Gasteiger partial charge >= 0.3 is 0 Å². The number of carbonyl (C=O) groups excluding carboxylic acids is 1. The average Bonchev–Trinajstić information content (AvgIpc) is 3.07. The fourth-order valence-electron chi connectivity index (χ4n) is 2.47. The topological polar surface area (TPSA) is 77.3 Å². The highest BCUT2D eigenvalue weighted by atomic mass is 79.9. The predicted molar refractivity (Wildman–Crippen MR) is 77.2 cm³/mol. The van der Waals surface area contributed by atoms with Gasteiger partial charge in [0.2, 0.25) is 0 Å². The van der Waals surface area contributed by atoms with E-state index in [1.807, 2.05) is 15.8 Å². The van der Waals surface area contributed by atoms with Crippen LogP contribution in [0.25, 0.3) is 0 Å². The van der Waals surface area contributed by atoms with Gasteiger partial charge in [0.25, 0.3) is 5.91 Å². The molecule has 0 aromatic carbocycles. The largest absolute Gasteiger partial charge is 0.444 e. The summed E-state index contributed by atoms with van der Waals surface area (Å²) in [6.45, 7) is 1.39. The molecule has 20 heavy (non-hydrogen) atoms. The number of halogens is 1. The van der Waals surface area contributed by atoms with Crippen molar-refractivity contribution in [1.82, 2.24) is 14.7 Å². The van der Waals surface area contributed by atoms with Crippen molar-refractivity contribution in [2.75, 3.05) is 18.8 Å². The number of nitrogens with zero attached hydrogens (tertiary/aromatic N) is 3. The zero-order valence-corrected chi connectivity index (χ0v) is 12.4. The summed E-state index contributed by atoms with van der Waals surface area (Å²) in [5.74, 6) is 0.844. The standard InChI is InChI=1S/C13H15BrN4O2/c14-11-2-1-10(20-11)13(19)17-6-3-9(4-7-17)18-8-5-12(15)16-18/h1-2,5,8-9H,3-4,6-7H2,(H2,15,16). The summed E-state index contributed by atoms with van der Waals surface area (Å²) in [6, 6.07) is 5.51. The maximum atomic E-state index is 12.2. The van der Waals surface area contributed by atoms with E-state index < -0.39 is 0 Å². The number of carbonyl (C=O) groups is 1. The minimum Gasteiger partial charge on any atom is -0.444 e. The predicted octanol–water partition coefficient (Wildman–Crippen LogP) is 2.30. The molecule has 6 nitrogen and oxygen atoms in total. The quantitative estimate of drug-likeness (QED) is 0.911. The molecule has 0 aliphatic carbocycles. The van der Waals surface area contributed by atoms with E-state index in [1.165, 1.54) is 0 Å². The molecule has 0 radical (unpaired) electrons. The van der Waals surface area contributed by atoms with Gasteiger partial charge in [-0.25, -0.2) is 0 Å². The summed E-state index contributed by atoms with van der Waals surface area (Å²) in [7, 11) is 0. The first kappa shape index (κ1) is 13.2. The molecule has 0 spiro atoms. The Morgan fingerprint density at radius 2 is 2.10 bits per heavy atom. The van der Waals surface area contributed by atoms with E-state index in [2.05, 4.69) is 21.0 Å². The summed E-state index contributed by atoms with van der Waals surface area (Å²) in [5, 5.41) is 4.23. The fourth-order valence-corrected chi connectivity index (χ4v) is 2.78. The molecule has 3 heterocycles. The van der Waals surface area contributed by atoms with Gasteiger partial charge in [-0.05, 0) is 47.0 Å². The molecule has 0 bridgehead atoms. The lowest BCUT2D eigenvalue weighted by atomic mass is 10.1. The third kappa shape index (κ3) is 2.58. The van der Waals surface area contributed by atoms with Crippen molar-refractivity contribution in [1.29, 1.82) is 0 Å². The number of nitrogen functional groups attached to an aromatic ring is 1. The molecule has 106 valence electrons. The van der Waals surface area contributed by atoms with Crippen LogP contribution in [-0.2, 0) is 0 Å². The Morgan fingerprint density at radius 1 is 1.35 bits per heavy atom. The Morgan fingerprint density at radius 3 is 2.65 bits per heavy atom. The highest BCUT2D eigenvalue weighted by Crippen LogP contribution is 2.24. The van der Waals surface area contributed by atoms with E-state index >= 15 is 0 Å². The molecule has 1 aliphatic rings. The van der Waals surface area contributed by atoms with Gasteiger partial charge < -0.3 is 15.1 Å². The van der Waals surface area contributed by atoms with Crippen molar-refractivity contribution in [3.63, 3.8) is 0 Å². The zero-order chi connectivity index (χ0) is 14.1. The molecule has 0 saturated carbocycles. The van der Waals surface area contributed by atoms with Crippen LogP contribution in [0.2, 0.25) is 0 Å². The summed E-state index contributed by atoms with van der Waals surface area (Å²) < 4.78 is 7.77. The SMILES string of the molecule is Nc1ccn(C2CCN(C(=O)c3ccc(Br)o3)CC2)n1. The maximum absolute atomic E-state index is 12.2. The van der Waals surface area contributed by atoms with Crippen molar-refractivity contribution in [2.45, 2.75) is 18.9 Å². The second kappa shape index (κ2) is 5.32. The van der Waals surface area contributed by atoms with Crippen LogP contribution in [0, 0.1) is 0 Å². The molecule has 1 aliphatic heterocycles. The van der Waals surface area contributed by atoms with Crippen LogP contribution in [0.15, 0.2) is 33.5 Å². The number of hydrogen-bond donors (Lipinski definition) is 1. The molecule has 2 aromatic rings. The van der Waals surface area contributed by atoms with E-state index in [-0.39, 0.29) is 5.91 Å². The maximum Gasteiger partial charge on any atom is 0.289 e. The molecule has 3 rings (SSSR count). The Kier molecular flexibility index (Phi) is 3.52. The molecular formula is C13H15BrN4O2.